The Hall–Kier alpha value is -2.09. The van der Waals surface area contributed by atoms with Gasteiger partial charge in [-0.15, -0.1) is 0 Å². The van der Waals surface area contributed by atoms with E-state index >= 15 is 0 Å². The minimum absolute atomic E-state index is 0.379. The molecule has 1 aromatic rings. The Morgan fingerprint density at radius 1 is 1.55 bits per heavy atom. The largest absolute Gasteiger partial charge is 0.480 e. The number of hydrogen-bond donors (Lipinski definition) is 2. The molecule has 2 N–H and O–H groups in total. The average molecular weight is 273 g/mol. The quantitative estimate of drug-likeness (QED) is 0.884. The normalized spacial score (nSPS) is 25.8. The lowest BCUT2D eigenvalue weighted by Gasteiger charge is -2.37. The SMILES string of the molecule is Cc1ccnc(NC2(C(=O)O)CCC(C)CC2)c1C#N. The van der Waals surface area contributed by atoms with Crippen molar-refractivity contribution in [2.45, 2.75) is 45.1 Å². The predicted molar refractivity (Wildman–Crippen MR) is 75.3 cm³/mol. The summed E-state index contributed by atoms with van der Waals surface area (Å²) in [5.74, 6) is 0.0613. The summed E-state index contributed by atoms with van der Waals surface area (Å²) in [4.78, 5) is 15.9. The number of nitrogens with zero attached hydrogens (tertiary/aromatic N) is 2. The van der Waals surface area contributed by atoms with Gasteiger partial charge in [-0.05, 0) is 50.2 Å². The zero-order valence-corrected chi connectivity index (χ0v) is 11.8. The van der Waals surface area contributed by atoms with Crippen molar-refractivity contribution in [1.29, 1.82) is 5.26 Å². The molecule has 0 aliphatic heterocycles. The van der Waals surface area contributed by atoms with Crippen LogP contribution in [0.15, 0.2) is 12.3 Å². The molecule has 0 radical (unpaired) electrons. The summed E-state index contributed by atoms with van der Waals surface area (Å²) in [7, 11) is 0. The fourth-order valence-corrected chi connectivity index (χ4v) is 2.67. The van der Waals surface area contributed by atoms with Gasteiger partial charge in [-0.3, -0.25) is 0 Å². The number of hydrogen-bond acceptors (Lipinski definition) is 4. The molecule has 5 nitrogen and oxygen atoms in total. The van der Waals surface area contributed by atoms with Gasteiger partial charge in [0.1, 0.15) is 17.4 Å². The molecule has 0 saturated heterocycles. The van der Waals surface area contributed by atoms with Crippen molar-refractivity contribution >= 4 is 11.8 Å². The first-order valence-corrected chi connectivity index (χ1v) is 6.86. The van der Waals surface area contributed by atoms with Crippen LogP contribution in [-0.2, 0) is 4.79 Å². The predicted octanol–water partition coefficient (Wildman–Crippen LogP) is 2.71. The smallest absolute Gasteiger partial charge is 0.329 e. The van der Waals surface area contributed by atoms with Crippen LogP contribution in [0.4, 0.5) is 5.82 Å². The molecule has 106 valence electrons. The average Bonchev–Trinajstić information content (AvgIpc) is 2.41. The van der Waals surface area contributed by atoms with Gasteiger partial charge in [-0.25, -0.2) is 9.78 Å². The molecule has 1 aliphatic rings. The van der Waals surface area contributed by atoms with E-state index in [1.807, 2.05) is 6.92 Å². The van der Waals surface area contributed by atoms with E-state index < -0.39 is 11.5 Å². The molecule has 0 amide bonds. The molecule has 1 fully saturated rings. The lowest BCUT2D eigenvalue weighted by molar-refractivity contribution is -0.143. The van der Waals surface area contributed by atoms with E-state index in [1.165, 1.54) is 0 Å². The fraction of sp³-hybridized carbons (Fsp3) is 0.533. The summed E-state index contributed by atoms with van der Waals surface area (Å²) >= 11 is 0. The van der Waals surface area contributed by atoms with Crippen LogP contribution < -0.4 is 5.32 Å². The third kappa shape index (κ3) is 2.60. The van der Waals surface area contributed by atoms with E-state index in [1.54, 1.807) is 12.3 Å². The van der Waals surface area contributed by atoms with Crippen LogP contribution in [0.25, 0.3) is 0 Å². The third-order valence-corrected chi connectivity index (χ3v) is 4.17. The van der Waals surface area contributed by atoms with E-state index in [-0.39, 0.29) is 0 Å². The van der Waals surface area contributed by atoms with Gasteiger partial charge in [0.25, 0.3) is 0 Å². The molecule has 1 heterocycles. The summed E-state index contributed by atoms with van der Waals surface area (Å²) in [6.07, 6.45) is 4.45. The molecule has 2 rings (SSSR count). The summed E-state index contributed by atoms with van der Waals surface area (Å²) in [5.41, 5.74) is 0.222. The second kappa shape index (κ2) is 5.49. The van der Waals surface area contributed by atoms with Gasteiger partial charge in [0, 0.05) is 6.20 Å². The molecule has 1 aliphatic carbocycles. The Bertz CT molecular complexity index is 555. The van der Waals surface area contributed by atoms with E-state index in [9.17, 15) is 15.2 Å². The highest BCUT2D eigenvalue weighted by Crippen LogP contribution is 2.35. The van der Waals surface area contributed by atoms with Gasteiger partial charge in [0.2, 0.25) is 0 Å². The molecule has 0 atom stereocenters. The van der Waals surface area contributed by atoms with Crippen molar-refractivity contribution in [3.8, 4) is 6.07 Å². The number of anilines is 1. The zero-order valence-electron chi connectivity index (χ0n) is 11.8. The summed E-state index contributed by atoms with van der Waals surface area (Å²) in [5, 5.41) is 21.9. The number of nitrogens with one attached hydrogen (secondary N) is 1. The van der Waals surface area contributed by atoms with Crippen LogP contribution in [0.3, 0.4) is 0 Å². The monoisotopic (exact) mass is 273 g/mol. The maximum Gasteiger partial charge on any atom is 0.329 e. The van der Waals surface area contributed by atoms with Crippen LogP contribution in [0.5, 0.6) is 0 Å². The van der Waals surface area contributed by atoms with Crippen molar-refractivity contribution in [2.75, 3.05) is 5.32 Å². The molecule has 0 unspecified atom stereocenters. The van der Waals surface area contributed by atoms with Crippen molar-refractivity contribution in [3.63, 3.8) is 0 Å². The molecule has 1 aromatic heterocycles. The molecular formula is C15H19N3O2. The number of rotatable bonds is 3. The minimum atomic E-state index is -1.00. The number of nitriles is 1. The first kappa shape index (κ1) is 14.3. The lowest BCUT2D eigenvalue weighted by atomic mass is 9.77. The highest BCUT2D eigenvalue weighted by molar-refractivity contribution is 5.83. The topological polar surface area (TPSA) is 86.0 Å². The first-order chi connectivity index (χ1) is 9.48. The number of carbonyl (C=O) groups is 1. The van der Waals surface area contributed by atoms with Gasteiger partial charge >= 0.3 is 5.97 Å². The molecule has 0 aromatic carbocycles. The zero-order chi connectivity index (χ0) is 14.8. The Kier molecular flexibility index (Phi) is 3.93. The van der Waals surface area contributed by atoms with E-state index in [2.05, 4.69) is 23.3 Å². The first-order valence-electron chi connectivity index (χ1n) is 6.86. The lowest BCUT2D eigenvalue weighted by Crippen LogP contribution is -2.49. The number of aromatic nitrogens is 1. The Morgan fingerprint density at radius 2 is 2.20 bits per heavy atom. The summed E-state index contributed by atoms with van der Waals surface area (Å²) in [6.45, 7) is 3.96. The van der Waals surface area contributed by atoms with Crippen LogP contribution >= 0.6 is 0 Å². The maximum atomic E-state index is 11.7. The van der Waals surface area contributed by atoms with Crippen LogP contribution in [0.1, 0.15) is 43.7 Å². The van der Waals surface area contributed by atoms with E-state index in [0.717, 1.165) is 18.4 Å². The second-order valence-corrected chi connectivity index (χ2v) is 5.66. The van der Waals surface area contributed by atoms with Crippen LogP contribution in [0.2, 0.25) is 0 Å². The van der Waals surface area contributed by atoms with Gasteiger partial charge < -0.3 is 10.4 Å². The number of pyridine rings is 1. The molecule has 20 heavy (non-hydrogen) atoms. The maximum absolute atomic E-state index is 11.7. The molecule has 0 bridgehead atoms. The van der Waals surface area contributed by atoms with Gasteiger partial charge in [-0.2, -0.15) is 5.26 Å². The number of aryl methyl sites for hydroxylation is 1. The Morgan fingerprint density at radius 3 is 2.75 bits per heavy atom. The number of aliphatic carboxylic acids is 1. The highest BCUT2D eigenvalue weighted by atomic mass is 16.4. The Balaban J connectivity index is 2.33. The van der Waals surface area contributed by atoms with Gasteiger partial charge in [0.05, 0.1) is 5.56 Å². The molecule has 1 saturated carbocycles. The molecular weight excluding hydrogens is 254 g/mol. The Labute approximate surface area is 118 Å². The second-order valence-electron chi connectivity index (χ2n) is 5.66. The van der Waals surface area contributed by atoms with Crippen molar-refractivity contribution in [3.05, 3.63) is 23.4 Å². The highest BCUT2D eigenvalue weighted by Gasteiger charge is 2.41. The number of carboxylic acid groups (broad SMARTS) is 1. The van der Waals surface area contributed by atoms with Crippen molar-refractivity contribution < 1.29 is 9.90 Å². The van der Waals surface area contributed by atoms with Gasteiger partial charge in [0.15, 0.2) is 0 Å². The summed E-state index contributed by atoms with van der Waals surface area (Å²) < 4.78 is 0. The van der Waals surface area contributed by atoms with E-state index in [0.29, 0.717) is 30.1 Å². The van der Waals surface area contributed by atoms with Crippen molar-refractivity contribution in [2.24, 2.45) is 5.92 Å². The standard InChI is InChI=1S/C15H19N3O2/c1-10-3-6-15(7-4-10,14(19)20)18-13-12(9-16)11(2)5-8-17-13/h5,8,10H,3-4,6-7H2,1-2H3,(H,17,18)(H,19,20). The van der Waals surface area contributed by atoms with Crippen molar-refractivity contribution in [1.82, 2.24) is 4.98 Å². The van der Waals surface area contributed by atoms with Crippen LogP contribution in [-0.4, -0.2) is 21.6 Å². The fourth-order valence-electron chi connectivity index (χ4n) is 2.67. The summed E-state index contributed by atoms with van der Waals surface area (Å²) in [6, 6.07) is 3.85. The third-order valence-electron chi connectivity index (χ3n) is 4.17. The van der Waals surface area contributed by atoms with Gasteiger partial charge in [-0.1, -0.05) is 6.92 Å². The molecule has 5 heteroatoms. The minimum Gasteiger partial charge on any atom is -0.480 e. The van der Waals surface area contributed by atoms with E-state index in [4.69, 9.17) is 0 Å². The van der Waals surface area contributed by atoms with Crippen LogP contribution in [0, 0.1) is 24.2 Å². The molecule has 0 spiro atoms. The number of carboxylic acids is 1.